The van der Waals surface area contributed by atoms with Gasteiger partial charge in [0.1, 0.15) is 0 Å². The molecule has 1 aromatic carbocycles. The molecule has 8 nitrogen and oxygen atoms in total. The van der Waals surface area contributed by atoms with Crippen LogP contribution in [-0.2, 0) is 33.9 Å². The number of aromatic amines is 1. The number of β-amino-alcohol motifs (C(OH)–C–C–N with tert-alkyl or cyclic N) is 1. The fourth-order valence-electron chi connectivity index (χ4n) is 5.86. The average molecular weight is 527 g/mol. The van der Waals surface area contributed by atoms with Crippen molar-refractivity contribution in [2.24, 2.45) is 0 Å². The molecular weight excluding hydrogens is 488 g/mol. The van der Waals surface area contributed by atoms with Crippen molar-refractivity contribution in [2.75, 3.05) is 56.9 Å². The maximum absolute atomic E-state index is 12.9. The molecule has 2 aromatic rings. The molecule has 0 bridgehead atoms. The van der Waals surface area contributed by atoms with E-state index in [4.69, 9.17) is 0 Å². The quantitative estimate of drug-likeness (QED) is 0.434. The fraction of sp³-hybridized carbons (Fsp3) is 0.536. The number of aliphatic hydroxyl groups excluding tert-OH is 1. The minimum atomic E-state index is -3.37. The molecule has 1 saturated heterocycles. The Labute approximate surface area is 219 Å². The molecule has 1 fully saturated rings. The van der Waals surface area contributed by atoms with E-state index < -0.39 is 9.84 Å². The number of hydrogen-bond donors (Lipinski definition) is 3. The third-order valence-corrected chi connectivity index (χ3v) is 9.76. The first-order valence-corrected chi connectivity index (χ1v) is 15.2. The van der Waals surface area contributed by atoms with E-state index in [1.54, 1.807) is 25.1 Å². The van der Waals surface area contributed by atoms with Crippen LogP contribution in [0.1, 0.15) is 54.3 Å². The number of amides is 1. The summed E-state index contributed by atoms with van der Waals surface area (Å²) in [5.74, 6) is -0.170. The minimum Gasteiger partial charge on any atom is -0.395 e. The molecule has 3 N–H and O–H groups in total. The van der Waals surface area contributed by atoms with Gasteiger partial charge in [-0.1, -0.05) is 6.92 Å². The normalized spacial score (nSPS) is 19.7. The van der Waals surface area contributed by atoms with Crippen LogP contribution in [0.15, 0.2) is 23.1 Å². The summed E-state index contributed by atoms with van der Waals surface area (Å²) >= 11 is 0. The Kier molecular flexibility index (Phi) is 7.85. The van der Waals surface area contributed by atoms with Gasteiger partial charge in [0.25, 0.3) is 5.91 Å². The Balaban J connectivity index is 1.38. The van der Waals surface area contributed by atoms with Crippen LogP contribution in [0.25, 0.3) is 11.6 Å². The molecule has 3 aliphatic rings. The van der Waals surface area contributed by atoms with Gasteiger partial charge in [0.05, 0.1) is 22.8 Å². The van der Waals surface area contributed by atoms with E-state index in [0.29, 0.717) is 16.8 Å². The maximum Gasteiger partial charge on any atom is 0.256 e. The second kappa shape index (κ2) is 11.1. The van der Waals surface area contributed by atoms with Gasteiger partial charge in [0.2, 0.25) is 0 Å². The Morgan fingerprint density at radius 2 is 1.78 bits per heavy atom. The number of sulfone groups is 1. The van der Waals surface area contributed by atoms with Gasteiger partial charge in [-0.25, -0.2) is 8.42 Å². The average Bonchev–Trinajstić information content (AvgIpc) is 3.41. The second-order valence-corrected chi connectivity index (χ2v) is 12.6. The summed E-state index contributed by atoms with van der Waals surface area (Å²) in [5, 5.41) is 12.1. The summed E-state index contributed by atoms with van der Waals surface area (Å²) in [6, 6.07) is 4.90. The third-order valence-electron chi connectivity index (χ3n) is 8.03. The molecule has 0 spiro atoms. The lowest BCUT2D eigenvalue weighted by atomic mass is 9.92. The van der Waals surface area contributed by atoms with Crippen LogP contribution in [0.2, 0.25) is 0 Å². The number of rotatable bonds is 9. The van der Waals surface area contributed by atoms with Gasteiger partial charge in [-0.2, -0.15) is 0 Å². The van der Waals surface area contributed by atoms with Crippen molar-refractivity contribution in [1.82, 2.24) is 14.8 Å². The maximum atomic E-state index is 12.9. The number of aryl methyl sites for hydroxylation is 1. The van der Waals surface area contributed by atoms with Crippen LogP contribution in [0.4, 0.5) is 5.69 Å². The number of nitrogens with one attached hydrogen (secondary N) is 2. The first-order chi connectivity index (χ1) is 17.9. The van der Waals surface area contributed by atoms with Gasteiger partial charge in [0.15, 0.2) is 9.84 Å². The van der Waals surface area contributed by atoms with Crippen molar-refractivity contribution < 1.29 is 18.3 Å². The molecule has 0 radical (unpaired) electrons. The summed E-state index contributed by atoms with van der Waals surface area (Å²) in [5.41, 5.74) is 6.81. The van der Waals surface area contributed by atoms with Gasteiger partial charge < -0.3 is 20.3 Å². The Morgan fingerprint density at radius 1 is 1.05 bits per heavy atom. The molecule has 1 amide bonds. The Morgan fingerprint density at radius 3 is 2.51 bits per heavy atom. The summed E-state index contributed by atoms with van der Waals surface area (Å²) < 4.78 is 25.0. The monoisotopic (exact) mass is 526 g/mol. The van der Waals surface area contributed by atoms with E-state index in [1.807, 2.05) is 6.08 Å². The summed E-state index contributed by atoms with van der Waals surface area (Å²) in [7, 11) is -3.37. The number of piperazine rings is 1. The summed E-state index contributed by atoms with van der Waals surface area (Å²) in [6.45, 7) is 7.70. The van der Waals surface area contributed by atoms with Gasteiger partial charge >= 0.3 is 0 Å². The molecular formula is C28H38N4O4S. The number of carbonyl (C=O) groups is 1. The van der Waals surface area contributed by atoms with Crippen molar-refractivity contribution >= 4 is 33.1 Å². The number of aliphatic hydroxyl groups is 1. The zero-order valence-electron chi connectivity index (χ0n) is 21.7. The number of carbonyl (C=O) groups excluding carboxylic acids is 1. The van der Waals surface area contributed by atoms with Gasteiger partial charge in [-0.3, -0.25) is 9.69 Å². The highest BCUT2D eigenvalue weighted by Crippen LogP contribution is 2.37. The molecule has 1 aliphatic carbocycles. The SMILES string of the molecule is CCS(=O)(=O)c1ccc2c(c1)/C(=C\c1[nH]c3c(c1CCCN1CCN(CCO)CC1)CCCC3)C(=O)N2. The van der Waals surface area contributed by atoms with E-state index in [0.717, 1.165) is 70.6 Å². The second-order valence-electron chi connectivity index (χ2n) is 10.3. The molecule has 9 heteroatoms. The van der Waals surface area contributed by atoms with Crippen molar-refractivity contribution in [1.29, 1.82) is 0 Å². The Hall–Kier alpha value is -2.46. The lowest BCUT2D eigenvalue weighted by Crippen LogP contribution is -2.47. The highest BCUT2D eigenvalue weighted by atomic mass is 32.2. The van der Waals surface area contributed by atoms with E-state index in [2.05, 4.69) is 20.1 Å². The largest absolute Gasteiger partial charge is 0.395 e. The van der Waals surface area contributed by atoms with Gasteiger partial charge in [-0.15, -0.1) is 0 Å². The van der Waals surface area contributed by atoms with Crippen molar-refractivity contribution in [3.8, 4) is 0 Å². The van der Waals surface area contributed by atoms with E-state index in [9.17, 15) is 18.3 Å². The zero-order valence-corrected chi connectivity index (χ0v) is 22.5. The number of hydrogen-bond acceptors (Lipinski definition) is 6. The molecule has 200 valence electrons. The van der Waals surface area contributed by atoms with Crippen LogP contribution in [-0.4, -0.2) is 85.8 Å². The van der Waals surface area contributed by atoms with Crippen LogP contribution in [0.5, 0.6) is 0 Å². The number of H-pyrrole nitrogens is 1. The topological polar surface area (TPSA) is 106 Å². The number of fused-ring (bicyclic) bond motifs is 2. The third kappa shape index (κ3) is 5.55. The van der Waals surface area contributed by atoms with Crippen molar-refractivity contribution in [3.63, 3.8) is 0 Å². The molecule has 2 aliphatic heterocycles. The highest BCUT2D eigenvalue weighted by molar-refractivity contribution is 7.91. The van der Waals surface area contributed by atoms with Gasteiger partial charge in [0, 0.05) is 55.4 Å². The van der Waals surface area contributed by atoms with Crippen LogP contribution >= 0.6 is 0 Å². The smallest absolute Gasteiger partial charge is 0.256 e. The summed E-state index contributed by atoms with van der Waals surface area (Å²) in [6.07, 6.45) is 8.37. The standard InChI is InChI=1S/C28H38N4O4S/c1-2-37(35,36)20-9-10-26-23(18-20)24(28(34)30-26)19-27-22(21-6-3-4-8-25(21)29-27)7-5-11-31-12-14-32(15-13-31)16-17-33/h9-10,18-19,29,33H,2-8,11-17H2,1H3,(H,30,34)/b24-19+. The van der Waals surface area contributed by atoms with E-state index in [1.165, 1.54) is 29.7 Å². The number of nitrogens with zero attached hydrogens (tertiary/aromatic N) is 2. The summed E-state index contributed by atoms with van der Waals surface area (Å²) in [4.78, 5) is 21.6. The highest BCUT2D eigenvalue weighted by Gasteiger charge is 2.28. The molecule has 1 aromatic heterocycles. The molecule has 0 unspecified atom stereocenters. The molecule has 5 rings (SSSR count). The first kappa shape index (κ1) is 26.2. The van der Waals surface area contributed by atoms with Gasteiger partial charge in [-0.05, 0) is 80.5 Å². The van der Waals surface area contributed by atoms with Crippen LogP contribution in [0.3, 0.4) is 0 Å². The molecule has 0 atom stereocenters. The predicted octanol–water partition coefficient (Wildman–Crippen LogP) is 2.72. The molecule has 37 heavy (non-hydrogen) atoms. The van der Waals surface area contributed by atoms with Crippen molar-refractivity contribution in [3.05, 3.63) is 46.3 Å². The minimum absolute atomic E-state index is 0.0240. The lowest BCUT2D eigenvalue weighted by Gasteiger charge is -2.34. The zero-order chi connectivity index (χ0) is 26.0. The van der Waals surface area contributed by atoms with E-state index in [-0.39, 0.29) is 23.2 Å². The number of benzene rings is 1. The lowest BCUT2D eigenvalue weighted by molar-refractivity contribution is -0.110. The van der Waals surface area contributed by atoms with E-state index >= 15 is 0 Å². The number of aromatic nitrogens is 1. The predicted molar refractivity (Wildman–Crippen MR) is 146 cm³/mol. The Bertz CT molecular complexity index is 1290. The molecule has 3 heterocycles. The van der Waals surface area contributed by atoms with Crippen LogP contribution < -0.4 is 5.32 Å². The first-order valence-electron chi connectivity index (χ1n) is 13.6. The molecule has 0 saturated carbocycles. The van der Waals surface area contributed by atoms with Crippen LogP contribution in [0, 0.1) is 0 Å². The number of anilines is 1. The van der Waals surface area contributed by atoms with Crippen molar-refractivity contribution in [2.45, 2.75) is 50.3 Å². The fourth-order valence-corrected chi connectivity index (χ4v) is 6.76.